The molecule has 242 valence electrons. The number of nitrogens with one attached hydrogen (secondary N) is 2. The number of hydrogen-bond donors (Lipinski definition) is 5. The highest BCUT2D eigenvalue weighted by molar-refractivity contribution is 7.98. The van der Waals surface area contributed by atoms with E-state index in [9.17, 15) is 19.8 Å². The molecular formula is C36H46N2O6S. The van der Waals surface area contributed by atoms with Crippen LogP contribution in [0.1, 0.15) is 61.1 Å². The highest BCUT2D eigenvalue weighted by atomic mass is 32.2. The van der Waals surface area contributed by atoms with Gasteiger partial charge in [0, 0.05) is 23.8 Å². The maximum absolute atomic E-state index is 14.0. The number of ether oxygens (including phenoxy) is 1. The van der Waals surface area contributed by atoms with E-state index >= 15 is 0 Å². The lowest BCUT2D eigenvalue weighted by Gasteiger charge is -2.30. The third-order valence-electron chi connectivity index (χ3n) is 7.87. The number of carbonyl (C=O) groups is 2. The Morgan fingerprint density at radius 2 is 1.58 bits per heavy atom. The highest BCUT2D eigenvalue weighted by Crippen LogP contribution is 2.32. The van der Waals surface area contributed by atoms with Crippen molar-refractivity contribution in [3.63, 3.8) is 0 Å². The number of aliphatic hydroxyl groups excluding tert-OH is 3. The average Bonchev–Trinajstić information content (AvgIpc) is 3.31. The Balaban J connectivity index is 1.55. The van der Waals surface area contributed by atoms with Gasteiger partial charge in [-0.3, -0.25) is 4.79 Å². The number of hydrogen-bond acceptors (Lipinski definition) is 7. The van der Waals surface area contributed by atoms with Crippen molar-refractivity contribution in [3.05, 3.63) is 107 Å². The summed E-state index contributed by atoms with van der Waals surface area (Å²) in [5, 5.41) is 37.5. The summed E-state index contributed by atoms with van der Waals surface area (Å²) >= 11 is 1.65. The molecule has 45 heavy (non-hydrogen) atoms. The van der Waals surface area contributed by atoms with Gasteiger partial charge in [0.1, 0.15) is 5.60 Å². The molecule has 0 bridgehead atoms. The fraction of sp³-hybridized carbons (Fsp3) is 0.444. The number of carbonyl (C=O) groups excluding carboxylic acids is 2. The van der Waals surface area contributed by atoms with Gasteiger partial charge < -0.3 is 30.7 Å². The van der Waals surface area contributed by atoms with E-state index in [4.69, 9.17) is 9.84 Å². The molecule has 0 aromatic heterocycles. The van der Waals surface area contributed by atoms with Crippen LogP contribution in [-0.2, 0) is 34.5 Å². The van der Waals surface area contributed by atoms with Crippen LogP contribution in [0.25, 0.3) is 0 Å². The first-order chi connectivity index (χ1) is 21.5. The van der Waals surface area contributed by atoms with E-state index in [0.717, 1.165) is 33.6 Å². The van der Waals surface area contributed by atoms with E-state index in [2.05, 4.69) is 10.6 Å². The van der Waals surface area contributed by atoms with Gasteiger partial charge in [0.2, 0.25) is 5.91 Å². The van der Waals surface area contributed by atoms with Crippen LogP contribution in [0.15, 0.2) is 78.9 Å². The number of benzene rings is 3. The Morgan fingerprint density at radius 3 is 2.27 bits per heavy atom. The van der Waals surface area contributed by atoms with Crippen molar-refractivity contribution in [2.45, 2.75) is 82.1 Å². The molecule has 0 fully saturated rings. The van der Waals surface area contributed by atoms with Gasteiger partial charge in [-0.2, -0.15) is 11.8 Å². The third-order valence-corrected chi connectivity index (χ3v) is 8.88. The molecule has 0 heterocycles. The molecule has 1 aliphatic rings. The summed E-state index contributed by atoms with van der Waals surface area (Å²) in [7, 11) is 0. The van der Waals surface area contributed by atoms with Gasteiger partial charge in [0.05, 0.1) is 30.9 Å². The lowest BCUT2D eigenvalue weighted by molar-refractivity contribution is -0.127. The van der Waals surface area contributed by atoms with E-state index in [1.807, 2.05) is 78.9 Å². The van der Waals surface area contributed by atoms with E-state index in [0.29, 0.717) is 25.0 Å². The molecule has 2 amide bonds. The molecule has 1 aliphatic carbocycles. The molecule has 0 radical (unpaired) electrons. The van der Waals surface area contributed by atoms with Crippen LogP contribution < -0.4 is 10.6 Å². The van der Waals surface area contributed by atoms with Crippen molar-refractivity contribution in [2.24, 2.45) is 5.92 Å². The summed E-state index contributed by atoms with van der Waals surface area (Å²) in [6.07, 6.45) is -1.19. The standard InChI is InChI=1S/C36H46N2O6S/c1-36(2,3)44-35(43)37-30(20-24-9-5-4-6-10-24)31(40)22-28(19-25-13-15-26(16-14-25)23-45-18-17-39)34(42)38-33-29-12-8-7-11-27(29)21-32(33)41/h4-16,28,30-33,39-41H,17-23H2,1-3H3,(H,37,43)(H,38,42)/t28?,30?,31?,32-,33-/m0/s1. The first kappa shape index (κ1) is 34.5. The maximum Gasteiger partial charge on any atom is 0.407 e. The summed E-state index contributed by atoms with van der Waals surface area (Å²) in [6.45, 7) is 5.47. The van der Waals surface area contributed by atoms with E-state index < -0.39 is 41.9 Å². The van der Waals surface area contributed by atoms with Gasteiger partial charge in [0.25, 0.3) is 0 Å². The lowest BCUT2D eigenvalue weighted by atomic mass is 9.88. The minimum Gasteiger partial charge on any atom is -0.444 e. The highest BCUT2D eigenvalue weighted by Gasteiger charge is 2.35. The summed E-state index contributed by atoms with van der Waals surface area (Å²) in [4.78, 5) is 26.8. The van der Waals surface area contributed by atoms with Crippen LogP contribution in [0.4, 0.5) is 4.79 Å². The molecule has 3 unspecified atom stereocenters. The smallest absolute Gasteiger partial charge is 0.407 e. The second-order valence-electron chi connectivity index (χ2n) is 12.7. The largest absolute Gasteiger partial charge is 0.444 e. The Labute approximate surface area is 270 Å². The van der Waals surface area contributed by atoms with Crippen LogP contribution in [-0.4, -0.2) is 63.5 Å². The normalized spacial score (nSPS) is 18.0. The number of rotatable bonds is 14. The van der Waals surface area contributed by atoms with Crippen LogP contribution >= 0.6 is 11.8 Å². The van der Waals surface area contributed by atoms with Crippen LogP contribution in [0, 0.1) is 5.92 Å². The number of aliphatic hydroxyl groups is 3. The molecule has 0 saturated heterocycles. The van der Waals surface area contributed by atoms with Crippen molar-refractivity contribution < 1.29 is 29.6 Å². The predicted molar refractivity (Wildman–Crippen MR) is 178 cm³/mol. The molecule has 8 nitrogen and oxygen atoms in total. The van der Waals surface area contributed by atoms with Gasteiger partial charge in [-0.25, -0.2) is 4.79 Å². The Morgan fingerprint density at radius 1 is 0.933 bits per heavy atom. The van der Waals surface area contributed by atoms with Crippen LogP contribution in [0.3, 0.4) is 0 Å². The molecule has 0 saturated carbocycles. The zero-order chi connectivity index (χ0) is 32.4. The molecule has 4 rings (SSSR count). The summed E-state index contributed by atoms with van der Waals surface area (Å²) in [5.74, 6) is 0.529. The first-order valence-electron chi connectivity index (χ1n) is 15.6. The molecular weight excluding hydrogens is 588 g/mol. The quantitative estimate of drug-likeness (QED) is 0.162. The Hall–Kier alpha value is -3.37. The number of amides is 2. The van der Waals surface area contributed by atoms with E-state index in [-0.39, 0.29) is 18.9 Å². The number of thioether (sulfide) groups is 1. The summed E-state index contributed by atoms with van der Waals surface area (Å²) in [5.41, 5.74) is 4.18. The van der Waals surface area contributed by atoms with Crippen molar-refractivity contribution in [1.29, 1.82) is 0 Å². The van der Waals surface area contributed by atoms with Gasteiger partial charge in [-0.05, 0) is 67.9 Å². The Kier molecular flexibility index (Phi) is 12.5. The minimum absolute atomic E-state index is 0.0810. The minimum atomic E-state index is -1.07. The maximum atomic E-state index is 14.0. The van der Waals surface area contributed by atoms with Gasteiger partial charge in [0.15, 0.2) is 0 Å². The van der Waals surface area contributed by atoms with Crippen LogP contribution in [0.5, 0.6) is 0 Å². The first-order valence-corrected chi connectivity index (χ1v) is 16.7. The summed E-state index contributed by atoms with van der Waals surface area (Å²) in [6, 6.07) is 24.0. The van der Waals surface area contributed by atoms with Crippen molar-refractivity contribution in [3.8, 4) is 0 Å². The van der Waals surface area contributed by atoms with Gasteiger partial charge >= 0.3 is 6.09 Å². The SMILES string of the molecule is CC(C)(C)OC(=O)NC(Cc1ccccc1)C(O)CC(Cc1ccc(CSCCO)cc1)C(=O)N[C@H]1c2ccccc2C[C@@H]1O. The van der Waals surface area contributed by atoms with Crippen LogP contribution in [0.2, 0.25) is 0 Å². The van der Waals surface area contributed by atoms with Crippen molar-refractivity contribution in [2.75, 3.05) is 12.4 Å². The number of alkyl carbamates (subject to hydrolysis) is 1. The second kappa shape index (κ2) is 16.3. The molecule has 0 spiro atoms. The molecule has 5 atom stereocenters. The fourth-order valence-electron chi connectivity index (χ4n) is 5.68. The zero-order valence-corrected chi connectivity index (χ0v) is 27.1. The predicted octanol–water partition coefficient (Wildman–Crippen LogP) is 4.73. The van der Waals surface area contributed by atoms with E-state index in [1.54, 1.807) is 32.5 Å². The number of fused-ring (bicyclic) bond motifs is 1. The average molecular weight is 635 g/mol. The molecule has 3 aromatic rings. The fourth-order valence-corrected chi connectivity index (χ4v) is 6.38. The van der Waals surface area contributed by atoms with Gasteiger partial charge in [-0.1, -0.05) is 78.9 Å². The summed E-state index contributed by atoms with van der Waals surface area (Å²) < 4.78 is 5.50. The van der Waals surface area contributed by atoms with E-state index in [1.165, 1.54) is 0 Å². The van der Waals surface area contributed by atoms with Crippen molar-refractivity contribution >= 4 is 23.8 Å². The van der Waals surface area contributed by atoms with Crippen molar-refractivity contribution in [1.82, 2.24) is 10.6 Å². The second-order valence-corrected chi connectivity index (χ2v) is 13.8. The molecule has 9 heteroatoms. The molecule has 3 aromatic carbocycles. The topological polar surface area (TPSA) is 128 Å². The Bertz CT molecular complexity index is 1380. The van der Waals surface area contributed by atoms with Gasteiger partial charge in [-0.15, -0.1) is 0 Å². The monoisotopic (exact) mass is 634 g/mol. The lowest BCUT2D eigenvalue weighted by Crippen LogP contribution is -2.48. The molecule has 5 N–H and O–H groups in total. The third kappa shape index (κ3) is 10.6. The molecule has 0 aliphatic heterocycles. The zero-order valence-electron chi connectivity index (χ0n) is 26.3.